The lowest BCUT2D eigenvalue weighted by atomic mass is 10.00. The monoisotopic (exact) mass is 450 g/mol. The van der Waals surface area contributed by atoms with Crippen LogP contribution in [0.1, 0.15) is 39.0 Å². The van der Waals surface area contributed by atoms with Crippen molar-refractivity contribution in [1.82, 2.24) is 9.62 Å². The minimum absolute atomic E-state index is 0.0137. The number of benzene rings is 1. The summed E-state index contributed by atoms with van der Waals surface area (Å²) in [4.78, 5) is 25.7. The summed E-state index contributed by atoms with van der Waals surface area (Å²) in [6.45, 7) is 2.17. The lowest BCUT2D eigenvalue weighted by Crippen LogP contribution is -2.45. The van der Waals surface area contributed by atoms with E-state index in [2.05, 4.69) is 4.72 Å². The smallest absolute Gasteiger partial charge is 0.307 e. The largest absolute Gasteiger partial charge is 0.456 e. The molecule has 28 heavy (non-hydrogen) atoms. The number of halogens is 2. The van der Waals surface area contributed by atoms with Crippen molar-refractivity contribution in [3.63, 3.8) is 0 Å². The Morgan fingerprint density at radius 1 is 1.25 bits per heavy atom. The molecule has 1 unspecified atom stereocenters. The fourth-order valence-electron chi connectivity index (χ4n) is 3.15. The third-order valence-corrected chi connectivity index (χ3v) is 7.00. The Balaban J connectivity index is 1.80. The van der Waals surface area contributed by atoms with E-state index in [0.717, 1.165) is 25.7 Å². The van der Waals surface area contributed by atoms with Crippen LogP contribution in [-0.2, 0) is 24.3 Å². The molecule has 1 aromatic rings. The molecule has 2 rings (SSSR count). The average molecular weight is 451 g/mol. The number of amides is 1. The van der Waals surface area contributed by atoms with Crippen LogP contribution in [0.25, 0.3) is 0 Å². The minimum Gasteiger partial charge on any atom is -0.456 e. The van der Waals surface area contributed by atoms with Crippen LogP contribution in [0.15, 0.2) is 23.1 Å². The van der Waals surface area contributed by atoms with E-state index >= 15 is 0 Å². The molecular weight excluding hydrogens is 427 g/mol. The number of likely N-dealkylation sites (tertiary alicyclic amines) is 1. The summed E-state index contributed by atoms with van der Waals surface area (Å²) in [5.41, 5.74) is 0. The van der Waals surface area contributed by atoms with Gasteiger partial charge in [-0.2, -0.15) is 0 Å². The van der Waals surface area contributed by atoms with E-state index in [0.29, 0.717) is 6.54 Å². The summed E-state index contributed by atoms with van der Waals surface area (Å²) < 4.78 is 31.9. The summed E-state index contributed by atoms with van der Waals surface area (Å²) >= 11 is 11.8. The van der Waals surface area contributed by atoms with Crippen molar-refractivity contribution in [1.29, 1.82) is 0 Å². The van der Waals surface area contributed by atoms with Gasteiger partial charge in [0.15, 0.2) is 6.61 Å². The molecule has 1 fully saturated rings. The third-order valence-electron chi connectivity index (χ3n) is 4.58. The van der Waals surface area contributed by atoms with Crippen LogP contribution in [-0.4, -0.2) is 50.9 Å². The molecule has 1 heterocycles. The highest BCUT2D eigenvalue weighted by Crippen LogP contribution is 2.28. The van der Waals surface area contributed by atoms with Crippen LogP contribution >= 0.6 is 23.2 Å². The first-order valence-electron chi connectivity index (χ1n) is 9.15. The van der Waals surface area contributed by atoms with Gasteiger partial charge < -0.3 is 9.64 Å². The summed E-state index contributed by atoms with van der Waals surface area (Å²) in [6, 6.07) is 4.54. The van der Waals surface area contributed by atoms with E-state index in [4.69, 9.17) is 27.9 Å². The van der Waals surface area contributed by atoms with Crippen LogP contribution in [0, 0.1) is 0 Å². The van der Waals surface area contributed by atoms with Gasteiger partial charge in [-0.15, -0.1) is 0 Å². The van der Waals surface area contributed by atoms with Gasteiger partial charge >= 0.3 is 5.97 Å². The molecule has 1 N–H and O–H groups in total. The predicted octanol–water partition coefficient (Wildman–Crippen LogP) is 3.00. The zero-order chi connectivity index (χ0) is 20.7. The van der Waals surface area contributed by atoms with E-state index in [1.807, 2.05) is 6.92 Å². The Morgan fingerprint density at radius 3 is 2.57 bits per heavy atom. The SMILES string of the molecule is CCC1CCCCN1C(=O)COC(=O)CCNS(=O)(=O)c1c(Cl)cccc1Cl. The lowest BCUT2D eigenvalue weighted by molar-refractivity contribution is -0.153. The van der Waals surface area contributed by atoms with E-state index in [-0.39, 0.29) is 46.5 Å². The quantitative estimate of drug-likeness (QED) is 0.614. The fourth-order valence-corrected chi connectivity index (χ4v) is 5.32. The molecule has 10 heteroatoms. The topological polar surface area (TPSA) is 92.8 Å². The number of sulfonamides is 1. The molecule has 1 saturated heterocycles. The van der Waals surface area contributed by atoms with Gasteiger partial charge in [0.05, 0.1) is 16.5 Å². The van der Waals surface area contributed by atoms with Crippen molar-refractivity contribution >= 4 is 45.1 Å². The number of ether oxygens (including phenoxy) is 1. The van der Waals surface area contributed by atoms with Crippen molar-refractivity contribution in [3.8, 4) is 0 Å². The molecule has 1 atom stereocenters. The normalized spacial score (nSPS) is 17.4. The number of esters is 1. The Kier molecular flexibility index (Phi) is 8.55. The van der Waals surface area contributed by atoms with Crippen LogP contribution < -0.4 is 4.72 Å². The molecule has 1 aromatic carbocycles. The first-order valence-corrected chi connectivity index (χ1v) is 11.4. The van der Waals surface area contributed by atoms with Crippen LogP contribution in [0.3, 0.4) is 0 Å². The molecular formula is C18H24Cl2N2O5S. The van der Waals surface area contributed by atoms with Gasteiger partial charge in [0, 0.05) is 19.1 Å². The molecule has 0 bridgehead atoms. The Hall–Kier alpha value is -1.35. The predicted molar refractivity (Wildman–Crippen MR) is 107 cm³/mol. The van der Waals surface area contributed by atoms with Crippen molar-refractivity contribution in [3.05, 3.63) is 28.2 Å². The zero-order valence-corrected chi connectivity index (χ0v) is 17.9. The van der Waals surface area contributed by atoms with Gasteiger partial charge in [0.25, 0.3) is 5.91 Å². The van der Waals surface area contributed by atoms with Gasteiger partial charge in [0.1, 0.15) is 4.90 Å². The van der Waals surface area contributed by atoms with E-state index in [1.165, 1.54) is 18.2 Å². The highest BCUT2D eigenvalue weighted by Gasteiger charge is 2.26. The minimum atomic E-state index is -3.97. The first-order chi connectivity index (χ1) is 13.3. The standard InChI is InChI=1S/C18H24Cl2N2O5S/c1-2-13-6-3-4-11-22(13)16(23)12-27-17(24)9-10-21-28(25,26)18-14(19)7-5-8-15(18)20/h5,7-8,13,21H,2-4,6,9-12H2,1H3. The van der Waals surface area contributed by atoms with Gasteiger partial charge in [-0.3, -0.25) is 9.59 Å². The van der Waals surface area contributed by atoms with Crippen molar-refractivity contribution < 1.29 is 22.7 Å². The van der Waals surface area contributed by atoms with E-state index < -0.39 is 16.0 Å². The molecule has 156 valence electrons. The number of hydrogen-bond donors (Lipinski definition) is 1. The second-order valence-corrected chi connectivity index (χ2v) is 9.02. The zero-order valence-electron chi connectivity index (χ0n) is 15.6. The van der Waals surface area contributed by atoms with E-state index in [1.54, 1.807) is 4.90 Å². The Bertz CT molecular complexity index is 796. The number of nitrogens with zero attached hydrogens (tertiary/aromatic N) is 1. The second-order valence-electron chi connectivity index (χ2n) is 6.50. The first kappa shape index (κ1) is 22.9. The fraction of sp³-hybridized carbons (Fsp3) is 0.556. The number of nitrogens with one attached hydrogen (secondary N) is 1. The number of carbonyl (C=O) groups excluding carboxylic acids is 2. The van der Waals surface area contributed by atoms with E-state index in [9.17, 15) is 18.0 Å². The second kappa shape index (κ2) is 10.4. The Labute approximate surface area is 175 Å². The molecule has 0 radical (unpaired) electrons. The van der Waals surface area contributed by atoms with Crippen molar-refractivity contribution in [2.24, 2.45) is 0 Å². The van der Waals surface area contributed by atoms with Crippen molar-refractivity contribution in [2.75, 3.05) is 19.7 Å². The molecule has 7 nitrogen and oxygen atoms in total. The summed E-state index contributed by atoms with van der Waals surface area (Å²) in [5.74, 6) is -0.880. The maximum Gasteiger partial charge on any atom is 0.307 e. The maximum absolute atomic E-state index is 12.3. The Morgan fingerprint density at radius 2 is 1.93 bits per heavy atom. The van der Waals surface area contributed by atoms with Crippen LogP contribution in [0.2, 0.25) is 10.0 Å². The molecule has 0 spiro atoms. The van der Waals surface area contributed by atoms with Crippen LogP contribution in [0.4, 0.5) is 0 Å². The third kappa shape index (κ3) is 6.07. The molecule has 1 aliphatic heterocycles. The molecule has 0 aromatic heterocycles. The summed E-state index contributed by atoms with van der Waals surface area (Å²) in [7, 11) is -3.97. The highest BCUT2D eigenvalue weighted by molar-refractivity contribution is 7.89. The number of carbonyl (C=O) groups is 2. The van der Waals surface area contributed by atoms with Gasteiger partial charge in [-0.25, -0.2) is 13.1 Å². The number of hydrogen-bond acceptors (Lipinski definition) is 5. The van der Waals surface area contributed by atoms with Gasteiger partial charge in [-0.1, -0.05) is 36.2 Å². The molecule has 1 amide bonds. The molecule has 1 aliphatic rings. The maximum atomic E-state index is 12.3. The number of piperidine rings is 1. The van der Waals surface area contributed by atoms with Gasteiger partial charge in [0.2, 0.25) is 10.0 Å². The average Bonchev–Trinajstić information content (AvgIpc) is 2.65. The summed E-state index contributed by atoms with van der Waals surface area (Å²) in [6.07, 6.45) is 3.65. The molecule has 0 aliphatic carbocycles. The molecule has 0 saturated carbocycles. The van der Waals surface area contributed by atoms with Gasteiger partial charge in [-0.05, 0) is 37.8 Å². The lowest BCUT2D eigenvalue weighted by Gasteiger charge is -2.35. The summed E-state index contributed by atoms with van der Waals surface area (Å²) in [5, 5.41) is -0.0274. The highest BCUT2D eigenvalue weighted by atomic mass is 35.5. The van der Waals surface area contributed by atoms with Crippen molar-refractivity contribution in [2.45, 2.75) is 50.0 Å². The number of rotatable bonds is 8. The van der Waals surface area contributed by atoms with Crippen LogP contribution in [0.5, 0.6) is 0 Å².